The smallest absolute Gasteiger partial charge is 0.263 e. The summed E-state index contributed by atoms with van der Waals surface area (Å²) in [6.45, 7) is 10.7. The van der Waals surface area contributed by atoms with Gasteiger partial charge in [0, 0.05) is 29.2 Å². The van der Waals surface area contributed by atoms with Crippen LogP contribution >= 0.6 is 11.6 Å². The molecule has 2 rings (SSSR count). The van der Waals surface area contributed by atoms with Crippen molar-refractivity contribution < 1.29 is 13.9 Å². The lowest BCUT2D eigenvalue weighted by atomic mass is 9.86. The molecule has 4 nitrogen and oxygen atoms in total. The number of nitrogens with zero attached hydrogens (tertiary/aromatic N) is 1. The number of nitrogens with one attached hydrogen (secondary N) is 1. The van der Waals surface area contributed by atoms with E-state index in [0.717, 1.165) is 11.1 Å². The molecule has 0 aliphatic carbocycles. The molecule has 0 saturated carbocycles. The largest absolute Gasteiger partial charge is 0.462 e. The summed E-state index contributed by atoms with van der Waals surface area (Å²) in [5.41, 5.74) is 0.691. The van der Waals surface area contributed by atoms with Crippen LogP contribution in [0.1, 0.15) is 33.3 Å². The van der Waals surface area contributed by atoms with Crippen molar-refractivity contribution in [3.8, 4) is 5.88 Å². The fourth-order valence-electron chi connectivity index (χ4n) is 3.29. The lowest BCUT2D eigenvalue weighted by Crippen LogP contribution is -2.51. The van der Waals surface area contributed by atoms with Crippen molar-refractivity contribution in [2.75, 3.05) is 0 Å². The fraction of sp³-hybridized carbons (Fsp3) is 0.308. The molecule has 1 aromatic heterocycles. The summed E-state index contributed by atoms with van der Waals surface area (Å²) >= 11 is 6.01. The molecule has 1 aromatic carbocycles. The lowest BCUT2D eigenvalue weighted by molar-refractivity contribution is -0.135. The SMILES string of the molecule is C=C/C=C(F)\C=C(/C)C(Cc1ccc(Cl)cc1)C(C)NC(=O)C(C)(C)Oc1ccccn1. The van der Waals surface area contributed by atoms with Crippen molar-refractivity contribution in [3.63, 3.8) is 0 Å². The highest BCUT2D eigenvalue weighted by molar-refractivity contribution is 6.30. The maximum absolute atomic E-state index is 14.1. The van der Waals surface area contributed by atoms with Gasteiger partial charge >= 0.3 is 0 Å². The Bertz CT molecular complexity index is 969. The first-order valence-electron chi connectivity index (χ1n) is 10.4. The van der Waals surface area contributed by atoms with Gasteiger partial charge in [0.15, 0.2) is 5.60 Å². The number of carbonyl (C=O) groups is 1. The van der Waals surface area contributed by atoms with Gasteiger partial charge in [-0.05, 0) is 70.0 Å². The molecule has 2 aromatic rings. The highest BCUT2D eigenvalue weighted by Gasteiger charge is 2.33. The highest BCUT2D eigenvalue weighted by Crippen LogP contribution is 2.25. The molecule has 170 valence electrons. The van der Waals surface area contributed by atoms with E-state index in [1.54, 1.807) is 38.2 Å². The highest BCUT2D eigenvalue weighted by atomic mass is 35.5. The number of aromatic nitrogens is 1. The molecule has 0 bridgehead atoms. The summed E-state index contributed by atoms with van der Waals surface area (Å²) in [4.78, 5) is 17.2. The van der Waals surface area contributed by atoms with Crippen LogP contribution in [-0.4, -0.2) is 22.5 Å². The molecule has 0 radical (unpaired) electrons. The third-order valence-corrected chi connectivity index (χ3v) is 5.35. The van der Waals surface area contributed by atoms with E-state index in [-0.39, 0.29) is 17.9 Å². The summed E-state index contributed by atoms with van der Waals surface area (Å²) in [5, 5.41) is 3.68. The van der Waals surface area contributed by atoms with Gasteiger partial charge in [-0.3, -0.25) is 4.79 Å². The Balaban J connectivity index is 2.22. The standard InChI is InChI=1S/C26H30ClFN2O2/c1-6-9-22(28)16-18(2)23(17-20-11-13-21(27)14-12-20)19(3)30-25(31)26(4,5)32-24-10-7-8-15-29-24/h6-16,19,23H,1,17H2,2-5H3,(H,30,31)/b18-16+,22-9+. The van der Waals surface area contributed by atoms with Gasteiger partial charge in [-0.25, -0.2) is 9.37 Å². The first kappa shape index (κ1) is 25.3. The lowest BCUT2D eigenvalue weighted by Gasteiger charge is -2.31. The van der Waals surface area contributed by atoms with Gasteiger partial charge in [-0.15, -0.1) is 0 Å². The number of hydrogen-bond acceptors (Lipinski definition) is 3. The fourth-order valence-corrected chi connectivity index (χ4v) is 3.41. The third kappa shape index (κ3) is 7.65. The molecule has 0 aliphatic rings. The van der Waals surface area contributed by atoms with Crippen LogP contribution in [0.25, 0.3) is 0 Å². The predicted molar refractivity (Wildman–Crippen MR) is 128 cm³/mol. The summed E-state index contributed by atoms with van der Waals surface area (Å²) in [5.74, 6) is -0.469. The molecular formula is C26H30ClFN2O2. The van der Waals surface area contributed by atoms with Crippen molar-refractivity contribution >= 4 is 17.5 Å². The minimum atomic E-state index is -1.14. The quantitative estimate of drug-likeness (QED) is 0.430. The average molecular weight is 457 g/mol. The second-order valence-corrected chi connectivity index (χ2v) is 8.59. The van der Waals surface area contributed by atoms with Crippen molar-refractivity contribution in [3.05, 3.63) is 95.5 Å². The van der Waals surface area contributed by atoms with Gasteiger partial charge in [0.1, 0.15) is 5.83 Å². The Labute approximate surface area is 194 Å². The first-order chi connectivity index (χ1) is 15.1. The van der Waals surface area contributed by atoms with Gasteiger partial charge < -0.3 is 10.1 Å². The zero-order valence-corrected chi connectivity index (χ0v) is 19.7. The van der Waals surface area contributed by atoms with Gasteiger partial charge in [0.25, 0.3) is 5.91 Å². The summed E-state index contributed by atoms with van der Waals surface area (Å²) in [6.07, 6.45) is 6.38. The molecule has 1 heterocycles. The van der Waals surface area contributed by atoms with E-state index in [1.807, 2.05) is 38.1 Å². The van der Waals surface area contributed by atoms with E-state index in [1.165, 1.54) is 18.2 Å². The van der Waals surface area contributed by atoms with Crippen LogP contribution in [0.5, 0.6) is 5.88 Å². The Morgan fingerprint density at radius 3 is 2.56 bits per heavy atom. The number of rotatable bonds is 10. The zero-order chi connectivity index (χ0) is 23.7. The number of amides is 1. The minimum Gasteiger partial charge on any atom is -0.462 e. The number of pyridine rings is 1. The molecule has 6 heteroatoms. The molecule has 0 saturated heterocycles. The number of halogens is 2. The molecule has 1 amide bonds. The number of hydrogen-bond donors (Lipinski definition) is 1. The average Bonchev–Trinajstić information content (AvgIpc) is 2.73. The summed E-state index contributed by atoms with van der Waals surface area (Å²) < 4.78 is 19.9. The summed E-state index contributed by atoms with van der Waals surface area (Å²) in [6, 6.07) is 12.5. The van der Waals surface area contributed by atoms with Crippen LogP contribution in [0.4, 0.5) is 4.39 Å². The number of benzene rings is 1. The topological polar surface area (TPSA) is 51.2 Å². The van der Waals surface area contributed by atoms with E-state index in [4.69, 9.17) is 16.3 Å². The van der Waals surface area contributed by atoms with E-state index in [0.29, 0.717) is 17.3 Å². The van der Waals surface area contributed by atoms with Gasteiger partial charge in [-0.1, -0.05) is 48.0 Å². The van der Waals surface area contributed by atoms with Gasteiger partial charge in [-0.2, -0.15) is 0 Å². The van der Waals surface area contributed by atoms with E-state index in [9.17, 15) is 9.18 Å². The van der Waals surface area contributed by atoms with Gasteiger partial charge in [0.2, 0.25) is 5.88 Å². The molecule has 0 fully saturated rings. The Morgan fingerprint density at radius 1 is 1.28 bits per heavy atom. The second-order valence-electron chi connectivity index (χ2n) is 8.16. The van der Waals surface area contributed by atoms with Crippen LogP contribution in [0.3, 0.4) is 0 Å². The van der Waals surface area contributed by atoms with E-state index >= 15 is 0 Å². The van der Waals surface area contributed by atoms with Crippen molar-refractivity contribution in [1.82, 2.24) is 10.3 Å². The Kier molecular flexibility index (Phi) is 9.21. The normalized spacial score (nSPS) is 14.4. The maximum atomic E-state index is 14.1. The first-order valence-corrected chi connectivity index (χ1v) is 10.8. The molecule has 32 heavy (non-hydrogen) atoms. The molecule has 1 N–H and O–H groups in total. The molecule has 0 spiro atoms. The van der Waals surface area contributed by atoms with E-state index < -0.39 is 11.4 Å². The minimum absolute atomic E-state index is 0.158. The van der Waals surface area contributed by atoms with Crippen LogP contribution in [0.2, 0.25) is 5.02 Å². The zero-order valence-electron chi connectivity index (χ0n) is 18.9. The van der Waals surface area contributed by atoms with Crippen molar-refractivity contribution in [1.29, 1.82) is 0 Å². The molecule has 2 unspecified atom stereocenters. The van der Waals surface area contributed by atoms with E-state index in [2.05, 4.69) is 16.9 Å². The van der Waals surface area contributed by atoms with Crippen molar-refractivity contribution in [2.24, 2.45) is 5.92 Å². The number of allylic oxidation sites excluding steroid dienone is 4. The molecular weight excluding hydrogens is 427 g/mol. The summed E-state index contributed by atoms with van der Waals surface area (Å²) in [7, 11) is 0. The number of ether oxygens (including phenoxy) is 1. The Hall–Kier alpha value is -2.92. The van der Waals surface area contributed by atoms with Gasteiger partial charge in [0.05, 0.1) is 0 Å². The molecule has 2 atom stereocenters. The molecule has 0 aliphatic heterocycles. The maximum Gasteiger partial charge on any atom is 0.263 e. The van der Waals surface area contributed by atoms with Crippen LogP contribution in [0.15, 0.2) is 84.9 Å². The van der Waals surface area contributed by atoms with Crippen molar-refractivity contribution in [2.45, 2.75) is 45.8 Å². The van der Waals surface area contributed by atoms with Crippen LogP contribution in [-0.2, 0) is 11.2 Å². The second kappa shape index (κ2) is 11.6. The van der Waals surface area contributed by atoms with Crippen LogP contribution in [0, 0.1) is 5.92 Å². The Morgan fingerprint density at radius 2 is 1.97 bits per heavy atom. The van der Waals surface area contributed by atoms with Crippen LogP contribution < -0.4 is 10.1 Å². The third-order valence-electron chi connectivity index (χ3n) is 5.10. The monoisotopic (exact) mass is 456 g/mol. The predicted octanol–water partition coefficient (Wildman–Crippen LogP) is 6.24. The number of carbonyl (C=O) groups excluding carboxylic acids is 1.